The predicted molar refractivity (Wildman–Crippen MR) is 99.3 cm³/mol. The van der Waals surface area contributed by atoms with E-state index in [0.717, 1.165) is 10.4 Å². The van der Waals surface area contributed by atoms with E-state index in [0.29, 0.717) is 16.9 Å². The highest BCUT2D eigenvalue weighted by atomic mass is 32.1. The predicted octanol–water partition coefficient (Wildman–Crippen LogP) is 4.69. The molecule has 0 atom stereocenters. The molecule has 0 aliphatic heterocycles. The van der Waals surface area contributed by atoms with Gasteiger partial charge in [-0.3, -0.25) is 4.79 Å². The SMILES string of the molecule is COC(=O)c1cc(Cc2ccccc2)sc1C(=O)Cc1ccc(F)cc1. The molecular weight excluding hydrogens is 351 g/mol. The van der Waals surface area contributed by atoms with Gasteiger partial charge in [0.25, 0.3) is 0 Å². The van der Waals surface area contributed by atoms with Crippen LogP contribution >= 0.6 is 11.3 Å². The summed E-state index contributed by atoms with van der Waals surface area (Å²) in [6.45, 7) is 0. The van der Waals surface area contributed by atoms with Gasteiger partial charge in [-0.15, -0.1) is 11.3 Å². The minimum absolute atomic E-state index is 0.107. The van der Waals surface area contributed by atoms with Crippen molar-refractivity contribution in [2.75, 3.05) is 7.11 Å². The molecule has 132 valence electrons. The molecule has 1 heterocycles. The van der Waals surface area contributed by atoms with Gasteiger partial charge in [-0.2, -0.15) is 0 Å². The summed E-state index contributed by atoms with van der Waals surface area (Å²) in [4.78, 5) is 26.1. The van der Waals surface area contributed by atoms with Crippen molar-refractivity contribution in [1.82, 2.24) is 0 Å². The van der Waals surface area contributed by atoms with Gasteiger partial charge in [0.05, 0.1) is 17.6 Å². The lowest BCUT2D eigenvalue weighted by Gasteiger charge is -2.02. The standard InChI is InChI=1S/C21H17FO3S/c1-25-21(24)18-13-17(11-14-5-3-2-4-6-14)26-20(18)19(23)12-15-7-9-16(22)10-8-15/h2-10,13H,11-12H2,1H3. The molecule has 26 heavy (non-hydrogen) atoms. The van der Waals surface area contributed by atoms with Gasteiger partial charge in [0.15, 0.2) is 5.78 Å². The van der Waals surface area contributed by atoms with Crippen molar-refractivity contribution in [2.24, 2.45) is 0 Å². The maximum Gasteiger partial charge on any atom is 0.339 e. The number of ketones is 1. The first-order valence-electron chi connectivity index (χ1n) is 8.09. The zero-order chi connectivity index (χ0) is 18.5. The van der Waals surface area contributed by atoms with Crippen molar-refractivity contribution < 1.29 is 18.7 Å². The molecule has 0 fully saturated rings. The summed E-state index contributed by atoms with van der Waals surface area (Å²) < 4.78 is 17.9. The number of carbonyl (C=O) groups excluding carboxylic acids is 2. The molecule has 0 aliphatic rings. The molecule has 3 rings (SSSR count). The van der Waals surface area contributed by atoms with E-state index >= 15 is 0 Å². The molecule has 0 radical (unpaired) electrons. The van der Waals surface area contributed by atoms with Crippen LogP contribution in [0.15, 0.2) is 60.7 Å². The third kappa shape index (κ3) is 4.24. The molecule has 0 saturated heterocycles. The zero-order valence-electron chi connectivity index (χ0n) is 14.2. The molecule has 3 nitrogen and oxygen atoms in total. The summed E-state index contributed by atoms with van der Waals surface area (Å²) in [7, 11) is 1.30. The normalized spacial score (nSPS) is 10.5. The van der Waals surface area contributed by atoms with E-state index in [1.54, 1.807) is 18.2 Å². The molecule has 5 heteroatoms. The van der Waals surface area contributed by atoms with E-state index < -0.39 is 5.97 Å². The Morgan fingerprint density at radius 1 is 1.00 bits per heavy atom. The van der Waals surface area contributed by atoms with Crippen LogP contribution in [0.3, 0.4) is 0 Å². The molecule has 0 bridgehead atoms. The maximum absolute atomic E-state index is 13.0. The molecule has 1 aromatic heterocycles. The van der Waals surface area contributed by atoms with E-state index in [9.17, 15) is 14.0 Å². The van der Waals surface area contributed by atoms with Crippen LogP contribution in [0.5, 0.6) is 0 Å². The van der Waals surface area contributed by atoms with Gasteiger partial charge in [-0.25, -0.2) is 9.18 Å². The van der Waals surface area contributed by atoms with Crippen LogP contribution in [0.2, 0.25) is 0 Å². The molecular formula is C21H17FO3S. The number of halogens is 1. The van der Waals surface area contributed by atoms with Gasteiger partial charge in [-0.1, -0.05) is 42.5 Å². The zero-order valence-corrected chi connectivity index (χ0v) is 15.0. The van der Waals surface area contributed by atoms with Crippen molar-refractivity contribution in [2.45, 2.75) is 12.8 Å². The maximum atomic E-state index is 13.0. The first-order valence-corrected chi connectivity index (χ1v) is 8.91. The largest absolute Gasteiger partial charge is 0.465 e. The number of Topliss-reactive ketones (excluding diaryl/α,β-unsaturated/α-hetero) is 1. The summed E-state index contributed by atoms with van der Waals surface area (Å²) in [5.41, 5.74) is 2.09. The summed E-state index contributed by atoms with van der Waals surface area (Å²) in [6, 6.07) is 17.3. The van der Waals surface area contributed by atoms with Crippen LogP contribution in [0.1, 0.15) is 36.0 Å². The summed E-state index contributed by atoms with van der Waals surface area (Å²) in [5.74, 6) is -1.05. The average molecular weight is 368 g/mol. The Morgan fingerprint density at radius 2 is 1.69 bits per heavy atom. The van der Waals surface area contributed by atoms with E-state index in [1.165, 1.54) is 30.6 Å². The quantitative estimate of drug-likeness (QED) is 0.468. The molecule has 0 N–H and O–H groups in total. The van der Waals surface area contributed by atoms with Crippen LogP contribution in [0.25, 0.3) is 0 Å². The van der Waals surface area contributed by atoms with Gasteiger partial charge in [0.2, 0.25) is 0 Å². The number of thiophene rings is 1. The molecule has 2 aromatic carbocycles. The van der Waals surface area contributed by atoms with Crippen molar-refractivity contribution in [3.05, 3.63) is 92.9 Å². The van der Waals surface area contributed by atoms with Gasteiger partial charge >= 0.3 is 5.97 Å². The first kappa shape index (κ1) is 18.0. The summed E-state index contributed by atoms with van der Waals surface area (Å²) >= 11 is 1.30. The van der Waals surface area contributed by atoms with Gasteiger partial charge in [-0.05, 0) is 29.3 Å². The topological polar surface area (TPSA) is 43.4 Å². The second-order valence-corrected chi connectivity index (χ2v) is 6.97. The lowest BCUT2D eigenvalue weighted by atomic mass is 10.1. The lowest BCUT2D eigenvalue weighted by Crippen LogP contribution is -2.09. The average Bonchev–Trinajstić information content (AvgIpc) is 3.08. The summed E-state index contributed by atoms with van der Waals surface area (Å²) in [5, 5.41) is 0. The van der Waals surface area contributed by atoms with Crippen LogP contribution in [0, 0.1) is 5.82 Å². The second kappa shape index (κ2) is 8.06. The Morgan fingerprint density at radius 3 is 2.35 bits per heavy atom. The van der Waals surface area contributed by atoms with E-state index in [4.69, 9.17) is 4.74 Å². The number of ether oxygens (including phenoxy) is 1. The minimum atomic E-state index is -0.525. The molecule has 0 amide bonds. The second-order valence-electron chi connectivity index (χ2n) is 5.84. The van der Waals surface area contributed by atoms with Gasteiger partial charge < -0.3 is 4.74 Å². The van der Waals surface area contributed by atoms with Crippen LogP contribution in [-0.4, -0.2) is 18.9 Å². The summed E-state index contributed by atoms with van der Waals surface area (Å²) in [6.07, 6.45) is 0.745. The Kier molecular flexibility index (Phi) is 5.58. The van der Waals surface area contributed by atoms with E-state index in [-0.39, 0.29) is 23.6 Å². The molecule has 0 saturated carbocycles. The smallest absolute Gasteiger partial charge is 0.339 e. The monoisotopic (exact) mass is 368 g/mol. The fourth-order valence-corrected chi connectivity index (χ4v) is 3.78. The Labute approximate surface area is 155 Å². The number of esters is 1. The Bertz CT molecular complexity index is 914. The van der Waals surface area contributed by atoms with Gasteiger partial charge in [0, 0.05) is 17.7 Å². The molecule has 0 aliphatic carbocycles. The van der Waals surface area contributed by atoms with Gasteiger partial charge in [0.1, 0.15) is 5.82 Å². The van der Waals surface area contributed by atoms with E-state index in [1.807, 2.05) is 30.3 Å². The number of rotatable bonds is 6. The Balaban J connectivity index is 1.87. The number of hydrogen-bond donors (Lipinski definition) is 0. The van der Waals surface area contributed by atoms with Crippen LogP contribution in [0.4, 0.5) is 4.39 Å². The van der Waals surface area contributed by atoms with Crippen molar-refractivity contribution in [3.8, 4) is 0 Å². The fraction of sp³-hybridized carbons (Fsp3) is 0.143. The molecule has 0 spiro atoms. The third-order valence-corrected chi connectivity index (χ3v) is 5.12. The van der Waals surface area contributed by atoms with Crippen molar-refractivity contribution >= 4 is 23.1 Å². The lowest BCUT2D eigenvalue weighted by molar-refractivity contribution is 0.0598. The van der Waals surface area contributed by atoms with E-state index in [2.05, 4.69) is 0 Å². The first-order chi connectivity index (χ1) is 12.6. The number of methoxy groups -OCH3 is 1. The van der Waals surface area contributed by atoms with Crippen molar-refractivity contribution in [1.29, 1.82) is 0 Å². The molecule has 3 aromatic rings. The molecule has 0 unspecified atom stereocenters. The highest BCUT2D eigenvalue weighted by Gasteiger charge is 2.22. The third-order valence-electron chi connectivity index (χ3n) is 3.94. The highest BCUT2D eigenvalue weighted by molar-refractivity contribution is 7.14. The number of hydrogen-bond acceptors (Lipinski definition) is 4. The van der Waals surface area contributed by atoms with Crippen LogP contribution in [-0.2, 0) is 17.6 Å². The minimum Gasteiger partial charge on any atom is -0.465 e. The Hall–Kier alpha value is -2.79. The fourth-order valence-electron chi connectivity index (χ4n) is 2.66. The number of benzene rings is 2. The van der Waals surface area contributed by atoms with Crippen LogP contribution < -0.4 is 0 Å². The number of carbonyl (C=O) groups is 2. The highest BCUT2D eigenvalue weighted by Crippen LogP contribution is 2.27. The van der Waals surface area contributed by atoms with Crippen molar-refractivity contribution in [3.63, 3.8) is 0 Å².